The van der Waals surface area contributed by atoms with Crippen LogP contribution in [0, 0.1) is 0 Å². The van der Waals surface area contributed by atoms with Crippen molar-refractivity contribution < 1.29 is 9.59 Å². The lowest BCUT2D eigenvalue weighted by Gasteiger charge is -2.08. The Morgan fingerprint density at radius 1 is 1.00 bits per heavy atom. The molecule has 0 heterocycles. The lowest BCUT2D eigenvalue weighted by Crippen LogP contribution is -2.12. The third kappa shape index (κ3) is 4.06. The van der Waals surface area contributed by atoms with Crippen LogP contribution in [-0.2, 0) is 4.79 Å². The molecule has 0 saturated heterocycles. The first-order valence-corrected chi connectivity index (χ1v) is 7.27. The largest absolute Gasteiger partial charge is 0.326 e. The van der Waals surface area contributed by atoms with Gasteiger partial charge in [-0.05, 0) is 52.3 Å². The van der Waals surface area contributed by atoms with Crippen molar-refractivity contribution in [1.29, 1.82) is 0 Å². The predicted molar refractivity (Wildman–Crippen MR) is 87.9 cm³/mol. The molecule has 0 spiro atoms. The molecule has 2 N–H and O–H groups in total. The number of carbonyl (C=O) groups excluding carboxylic acids is 2. The molecule has 0 fully saturated rings. The fourth-order valence-corrected chi connectivity index (χ4v) is 2.30. The van der Waals surface area contributed by atoms with Crippen LogP contribution < -0.4 is 10.6 Å². The van der Waals surface area contributed by atoms with Gasteiger partial charge in [0.15, 0.2) is 0 Å². The number of halogens is 2. The van der Waals surface area contributed by atoms with Gasteiger partial charge in [-0.3, -0.25) is 9.59 Å². The summed E-state index contributed by atoms with van der Waals surface area (Å²) >= 11 is 9.36. The third-order valence-corrected chi connectivity index (χ3v) is 3.96. The minimum atomic E-state index is -0.298. The highest BCUT2D eigenvalue weighted by atomic mass is 79.9. The number of hydrogen-bond acceptors (Lipinski definition) is 2. The lowest BCUT2D eigenvalue weighted by molar-refractivity contribution is -0.114. The summed E-state index contributed by atoms with van der Waals surface area (Å²) in [6.07, 6.45) is 0. The number of benzene rings is 2. The van der Waals surface area contributed by atoms with Crippen LogP contribution >= 0.6 is 27.5 Å². The Balaban J connectivity index is 2.12. The van der Waals surface area contributed by atoms with Crippen LogP contribution in [0.5, 0.6) is 0 Å². The minimum Gasteiger partial charge on any atom is -0.326 e. The maximum atomic E-state index is 12.2. The third-order valence-electron chi connectivity index (χ3n) is 2.66. The van der Waals surface area contributed by atoms with E-state index in [-0.39, 0.29) is 11.8 Å². The molecule has 0 saturated carbocycles. The van der Waals surface area contributed by atoms with Crippen molar-refractivity contribution in [2.45, 2.75) is 6.92 Å². The first-order chi connectivity index (χ1) is 9.97. The van der Waals surface area contributed by atoms with Gasteiger partial charge in [-0.1, -0.05) is 17.7 Å². The minimum absolute atomic E-state index is 0.146. The molecule has 2 aromatic rings. The quantitative estimate of drug-likeness (QED) is 0.849. The first-order valence-electron chi connectivity index (χ1n) is 6.10. The first kappa shape index (κ1) is 15.5. The van der Waals surface area contributed by atoms with Crippen molar-refractivity contribution in [3.63, 3.8) is 0 Å². The average molecular weight is 368 g/mol. The van der Waals surface area contributed by atoms with Gasteiger partial charge in [-0.15, -0.1) is 0 Å². The van der Waals surface area contributed by atoms with Crippen molar-refractivity contribution in [3.05, 3.63) is 57.5 Å². The van der Waals surface area contributed by atoms with Gasteiger partial charge in [0, 0.05) is 22.8 Å². The van der Waals surface area contributed by atoms with Crippen LogP contribution in [0.15, 0.2) is 46.9 Å². The summed E-state index contributed by atoms with van der Waals surface area (Å²) in [6.45, 7) is 1.44. The molecule has 0 atom stereocenters. The maximum absolute atomic E-state index is 12.2. The molecule has 2 rings (SSSR count). The molecular weight excluding hydrogens is 356 g/mol. The molecule has 2 amide bonds. The van der Waals surface area contributed by atoms with Crippen LogP contribution in [0.25, 0.3) is 0 Å². The fraction of sp³-hybridized carbons (Fsp3) is 0.0667. The molecule has 0 aromatic heterocycles. The number of carbonyl (C=O) groups is 2. The zero-order chi connectivity index (χ0) is 15.4. The van der Waals surface area contributed by atoms with E-state index >= 15 is 0 Å². The second kappa shape index (κ2) is 6.74. The number of anilines is 2. The topological polar surface area (TPSA) is 58.2 Å². The number of amides is 2. The molecule has 0 aliphatic rings. The Labute approximate surface area is 135 Å². The van der Waals surface area contributed by atoms with Gasteiger partial charge >= 0.3 is 0 Å². The highest BCUT2D eigenvalue weighted by Crippen LogP contribution is 2.26. The van der Waals surface area contributed by atoms with E-state index in [9.17, 15) is 9.59 Å². The molecule has 108 valence electrons. The number of nitrogens with one attached hydrogen (secondary N) is 2. The van der Waals surface area contributed by atoms with Gasteiger partial charge in [-0.25, -0.2) is 0 Å². The normalized spacial score (nSPS) is 10.0. The van der Waals surface area contributed by atoms with Crippen LogP contribution in [0.1, 0.15) is 17.3 Å². The van der Waals surface area contributed by atoms with E-state index in [0.29, 0.717) is 26.4 Å². The Morgan fingerprint density at radius 3 is 2.14 bits per heavy atom. The van der Waals surface area contributed by atoms with Gasteiger partial charge in [0.1, 0.15) is 0 Å². The van der Waals surface area contributed by atoms with E-state index in [1.165, 1.54) is 6.92 Å². The standard InChI is InChI=1S/C15H12BrClN2O2/c1-9(20)18-10-5-7-11(8-6-10)19-15(21)12-3-2-4-13(16)14(12)17/h2-8H,1H3,(H,18,20)(H,19,21). The lowest BCUT2D eigenvalue weighted by atomic mass is 10.2. The average Bonchev–Trinajstić information content (AvgIpc) is 2.43. The van der Waals surface area contributed by atoms with Crippen molar-refractivity contribution in [1.82, 2.24) is 0 Å². The van der Waals surface area contributed by atoms with Gasteiger partial charge in [0.2, 0.25) is 5.91 Å². The number of rotatable bonds is 3. The van der Waals surface area contributed by atoms with Gasteiger partial charge in [0.05, 0.1) is 10.6 Å². The van der Waals surface area contributed by atoms with E-state index in [0.717, 1.165) is 0 Å². The van der Waals surface area contributed by atoms with E-state index in [2.05, 4.69) is 26.6 Å². The molecule has 0 radical (unpaired) electrons. The molecule has 21 heavy (non-hydrogen) atoms. The summed E-state index contributed by atoms with van der Waals surface area (Å²) in [4.78, 5) is 23.1. The zero-order valence-electron chi connectivity index (χ0n) is 11.1. The second-order valence-electron chi connectivity index (χ2n) is 4.31. The van der Waals surface area contributed by atoms with E-state index < -0.39 is 0 Å². The SMILES string of the molecule is CC(=O)Nc1ccc(NC(=O)c2cccc(Br)c2Cl)cc1. The van der Waals surface area contributed by atoms with Crippen molar-refractivity contribution >= 4 is 50.7 Å². The summed E-state index contributed by atoms with van der Waals surface area (Å²) < 4.78 is 0.665. The van der Waals surface area contributed by atoms with E-state index in [4.69, 9.17) is 11.6 Å². The Morgan fingerprint density at radius 2 is 1.57 bits per heavy atom. The molecule has 0 bridgehead atoms. The summed E-state index contributed by atoms with van der Waals surface area (Å²) in [5.74, 6) is -0.443. The Bertz CT molecular complexity index is 687. The van der Waals surface area contributed by atoms with Crippen molar-refractivity contribution in [2.24, 2.45) is 0 Å². The van der Waals surface area contributed by atoms with Crippen LogP contribution in [0.4, 0.5) is 11.4 Å². The molecule has 4 nitrogen and oxygen atoms in total. The Kier molecular flexibility index (Phi) is 4.98. The van der Waals surface area contributed by atoms with E-state index in [1.807, 2.05) is 0 Å². The van der Waals surface area contributed by atoms with Crippen LogP contribution in [0.3, 0.4) is 0 Å². The molecule has 2 aromatic carbocycles. The van der Waals surface area contributed by atoms with E-state index in [1.54, 1.807) is 42.5 Å². The molecule has 6 heteroatoms. The van der Waals surface area contributed by atoms with Gasteiger partial charge in [0.25, 0.3) is 5.91 Å². The fourth-order valence-electron chi connectivity index (χ4n) is 1.72. The van der Waals surface area contributed by atoms with Crippen LogP contribution in [0.2, 0.25) is 5.02 Å². The van der Waals surface area contributed by atoms with Gasteiger partial charge < -0.3 is 10.6 Å². The zero-order valence-corrected chi connectivity index (χ0v) is 13.5. The molecule has 0 aliphatic carbocycles. The summed E-state index contributed by atoms with van der Waals surface area (Å²) in [7, 11) is 0. The molecular formula is C15H12BrClN2O2. The number of hydrogen-bond donors (Lipinski definition) is 2. The highest BCUT2D eigenvalue weighted by molar-refractivity contribution is 9.10. The van der Waals surface area contributed by atoms with Crippen LogP contribution in [-0.4, -0.2) is 11.8 Å². The highest BCUT2D eigenvalue weighted by Gasteiger charge is 2.12. The van der Waals surface area contributed by atoms with Crippen molar-refractivity contribution in [2.75, 3.05) is 10.6 Å². The molecule has 0 aliphatic heterocycles. The maximum Gasteiger partial charge on any atom is 0.257 e. The smallest absolute Gasteiger partial charge is 0.257 e. The second-order valence-corrected chi connectivity index (χ2v) is 5.55. The van der Waals surface area contributed by atoms with Crippen molar-refractivity contribution in [3.8, 4) is 0 Å². The predicted octanol–water partition coefficient (Wildman–Crippen LogP) is 4.31. The monoisotopic (exact) mass is 366 g/mol. The summed E-state index contributed by atoms with van der Waals surface area (Å²) in [6, 6.07) is 12.0. The van der Waals surface area contributed by atoms with Gasteiger partial charge in [-0.2, -0.15) is 0 Å². The summed E-state index contributed by atoms with van der Waals surface area (Å²) in [5, 5.41) is 5.77. The molecule has 0 unspecified atom stereocenters. The Hall–Kier alpha value is -1.85. The summed E-state index contributed by atoms with van der Waals surface area (Å²) in [5.41, 5.74) is 1.67.